The largest absolute Gasteiger partial charge is 0.486 e. The van der Waals surface area contributed by atoms with Crippen molar-refractivity contribution in [2.75, 3.05) is 19.7 Å². The second kappa shape index (κ2) is 9.04. The summed E-state index contributed by atoms with van der Waals surface area (Å²) in [6, 6.07) is 7.59. The maximum Gasteiger partial charge on any atom is 0.276 e. The quantitative estimate of drug-likeness (QED) is 0.805. The third-order valence-electron chi connectivity index (χ3n) is 5.21. The third kappa shape index (κ3) is 5.10. The highest BCUT2D eigenvalue weighted by atomic mass is 16.5. The highest BCUT2D eigenvalue weighted by Crippen LogP contribution is 2.23. The Morgan fingerprint density at radius 1 is 1.33 bits per heavy atom. The van der Waals surface area contributed by atoms with E-state index < -0.39 is 0 Å². The molecule has 1 atom stereocenters. The van der Waals surface area contributed by atoms with Gasteiger partial charge in [-0.2, -0.15) is 0 Å². The van der Waals surface area contributed by atoms with Crippen molar-refractivity contribution >= 4 is 5.91 Å². The number of carbonyl (C=O) groups excluding carboxylic acids is 1. The van der Waals surface area contributed by atoms with E-state index >= 15 is 0 Å². The summed E-state index contributed by atoms with van der Waals surface area (Å²) in [5.41, 5.74) is 2.71. The lowest BCUT2D eigenvalue weighted by atomic mass is 9.93. The average Bonchev–Trinajstić information content (AvgIpc) is 3.16. The van der Waals surface area contributed by atoms with Crippen molar-refractivity contribution in [1.82, 2.24) is 10.1 Å². The van der Waals surface area contributed by atoms with Crippen molar-refractivity contribution in [2.45, 2.75) is 46.1 Å². The van der Waals surface area contributed by atoms with Gasteiger partial charge in [-0.05, 0) is 68.7 Å². The summed E-state index contributed by atoms with van der Waals surface area (Å²) in [5.74, 6) is 1.66. The normalized spacial score (nSPS) is 17.1. The molecule has 0 unspecified atom stereocenters. The van der Waals surface area contributed by atoms with Gasteiger partial charge in [-0.25, -0.2) is 0 Å². The molecule has 6 heteroatoms. The lowest BCUT2D eigenvalue weighted by molar-refractivity contribution is 0.0653. The first-order chi connectivity index (χ1) is 13.1. The minimum absolute atomic E-state index is 0.0927. The minimum atomic E-state index is -0.0927. The molecule has 6 nitrogen and oxygen atoms in total. The number of carbonyl (C=O) groups is 1. The van der Waals surface area contributed by atoms with E-state index in [9.17, 15) is 4.79 Å². The first-order valence-corrected chi connectivity index (χ1v) is 9.62. The molecular weight excluding hydrogens is 344 g/mol. The Kier molecular flexibility index (Phi) is 6.50. The van der Waals surface area contributed by atoms with Crippen LogP contribution in [0.4, 0.5) is 0 Å². The number of piperidine rings is 1. The van der Waals surface area contributed by atoms with Crippen LogP contribution in [0.2, 0.25) is 0 Å². The highest BCUT2D eigenvalue weighted by molar-refractivity contribution is 5.92. The Labute approximate surface area is 160 Å². The smallest absolute Gasteiger partial charge is 0.276 e. The summed E-state index contributed by atoms with van der Waals surface area (Å²) in [6.45, 7) is 6.01. The average molecular weight is 372 g/mol. The van der Waals surface area contributed by atoms with E-state index in [1.54, 1.807) is 6.07 Å². The first kappa shape index (κ1) is 19.4. The van der Waals surface area contributed by atoms with E-state index in [0.717, 1.165) is 44.5 Å². The number of ether oxygens (including phenoxy) is 1. The van der Waals surface area contributed by atoms with Crippen molar-refractivity contribution in [2.24, 2.45) is 5.92 Å². The molecule has 1 N–H and O–H groups in total. The fourth-order valence-electron chi connectivity index (χ4n) is 3.47. The zero-order chi connectivity index (χ0) is 19.2. The molecule has 3 rings (SSSR count). The molecule has 2 aromatic rings. The first-order valence-electron chi connectivity index (χ1n) is 9.62. The van der Waals surface area contributed by atoms with Crippen LogP contribution >= 0.6 is 0 Å². The van der Waals surface area contributed by atoms with Gasteiger partial charge >= 0.3 is 0 Å². The van der Waals surface area contributed by atoms with Crippen molar-refractivity contribution in [3.05, 3.63) is 46.8 Å². The van der Waals surface area contributed by atoms with Gasteiger partial charge in [-0.1, -0.05) is 11.2 Å². The summed E-state index contributed by atoms with van der Waals surface area (Å²) >= 11 is 0. The van der Waals surface area contributed by atoms with Gasteiger partial charge in [0.1, 0.15) is 12.4 Å². The number of aryl methyl sites for hydroxylation is 2. The van der Waals surface area contributed by atoms with Gasteiger partial charge in [0.05, 0.1) is 0 Å². The lowest BCUT2D eigenvalue weighted by Crippen LogP contribution is -2.40. The monoisotopic (exact) mass is 372 g/mol. The summed E-state index contributed by atoms with van der Waals surface area (Å²) in [6.07, 6.45) is 3.84. The number of hydrogen-bond donors (Lipinski definition) is 1. The predicted molar refractivity (Wildman–Crippen MR) is 102 cm³/mol. The maximum atomic E-state index is 12.7. The Morgan fingerprint density at radius 3 is 2.96 bits per heavy atom. The van der Waals surface area contributed by atoms with Crippen LogP contribution in [-0.2, 0) is 6.61 Å². The molecule has 1 aliphatic heterocycles. The van der Waals surface area contributed by atoms with Crippen LogP contribution in [0.5, 0.6) is 5.75 Å². The standard InChI is InChI=1S/C21H28N2O4/c1-15-7-8-18(11-16(15)2)26-14-19-12-20(22-27-19)21(25)23-9-3-5-17(13-23)6-4-10-24/h7-8,11-12,17,24H,3-6,9-10,13-14H2,1-2H3/t17-/m1/s1. The second-order valence-corrected chi connectivity index (χ2v) is 7.34. The molecule has 0 radical (unpaired) electrons. The van der Waals surface area contributed by atoms with Gasteiger partial charge in [-0.15, -0.1) is 0 Å². The zero-order valence-electron chi connectivity index (χ0n) is 16.1. The van der Waals surface area contributed by atoms with E-state index in [2.05, 4.69) is 12.1 Å². The Balaban J connectivity index is 1.56. The van der Waals surface area contributed by atoms with Crippen molar-refractivity contribution in [3.8, 4) is 5.75 Å². The van der Waals surface area contributed by atoms with E-state index in [-0.39, 0.29) is 19.1 Å². The van der Waals surface area contributed by atoms with Crippen LogP contribution in [0.1, 0.15) is 53.1 Å². The number of likely N-dealkylation sites (tertiary alicyclic amines) is 1. The molecule has 0 spiro atoms. The van der Waals surface area contributed by atoms with E-state index in [4.69, 9.17) is 14.4 Å². The van der Waals surface area contributed by atoms with Crippen LogP contribution in [0.15, 0.2) is 28.8 Å². The molecule has 1 fully saturated rings. The van der Waals surface area contributed by atoms with Gasteiger partial charge < -0.3 is 19.3 Å². The zero-order valence-corrected chi connectivity index (χ0v) is 16.1. The molecule has 1 aromatic heterocycles. The van der Waals surface area contributed by atoms with E-state index in [1.807, 2.05) is 30.0 Å². The highest BCUT2D eigenvalue weighted by Gasteiger charge is 2.26. The molecule has 1 aromatic carbocycles. The summed E-state index contributed by atoms with van der Waals surface area (Å²) in [5, 5.41) is 12.9. The van der Waals surface area contributed by atoms with Crippen molar-refractivity contribution < 1.29 is 19.2 Å². The van der Waals surface area contributed by atoms with Gasteiger partial charge in [0.25, 0.3) is 5.91 Å². The van der Waals surface area contributed by atoms with E-state index in [1.165, 1.54) is 11.1 Å². The van der Waals surface area contributed by atoms with Gasteiger partial charge in [0, 0.05) is 25.8 Å². The SMILES string of the molecule is Cc1ccc(OCc2cc(C(=O)N3CCC[C@H](CCCO)C3)no2)cc1C. The molecular formula is C21H28N2O4. The second-order valence-electron chi connectivity index (χ2n) is 7.34. The van der Waals surface area contributed by atoms with Crippen molar-refractivity contribution in [3.63, 3.8) is 0 Å². The molecule has 0 saturated carbocycles. The Morgan fingerprint density at radius 2 is 2.19 bits per heavy atom. The van der Waals surface area contributed by atoms with E-state index in [0.29, 0.717) is 17.4 Å². The van der Waals surface area contributed by atoms with Gasteiger partial charge in [0.15, 0.2) is 11.5 Å². The number of nitrogens with zero attached hydrogens (tertiary/aromatic N) is 2. The van der Waals surface area contributed by atoms with Gasteiger partial charge in [-0.3, -0.25) is 4.79 Å². The molecule has 1 aliphatic rings. The summed E-state index contributed by atoms with van der Waals surface area (Å²) in [4.78, 5) is 14.5. The van der Waals surface area contributed by atoms with Gasteiger partial charge in [0.2, 0.25) is 0 Å². The Hall–Kier alpha value is -2.34. The van der Waals surface area contributed by atoms with Crippen LogP contribution < -0.4 is 4.74 Å². The number of hydrogen-bond acceptors (Lipinski definition) is 5. The molecule has 146 valence electrons. The lowest BCUT2D eigenvalue weighted by Gasteiger charge is -2.32. The van der Waals surface area contributed by atoms with Crippen LogP contribution in [0, 0.1) is 19.8 Å². The number of aromatic nitrogens is 1. The molecule has 2 heterocycles. The molecule has 0 aliphatic carbocycles. The predicted octanol–water partition coefficient (Wildman–Crippen LogP) is 3.50. The summed E-state index contributed by atoms with van der Waals surface area (Å²) in [7, 11) is 0. The molecule has 1 saturated heterocycles. The van der Waals surface area contributed by atoms with Crippen LogP contribution in [0.3, 0.4) is 0 Å². The fraction of sp³-hybridized carbons (Fsp3) is 0.524. The number of rotatable bonds is 7. The maximum absolute atomic E-state index is 12.7. The Bertz CT molecular complexity index is 771. The number of aliphatic hydroxyl groups excluding tert-OH is 1. The molecule has 0 bridgehead atoms. The molecule has 27 heavy (non-hydrogen) atoms. The van der Waals surface area contributed by atoms with Crippen LogP contribution in [0.25, 0.3) is 0 Å². The molecule has 1 amide bonds. The summed E-state index contributed by atoms with van der Waals surface area (Å²) < 4.78 is 11.0. The minimum Gasteiger partial charge on any atom is -0.486 e. The van der Waals surface area contributed by atoms with Crippen molar-refractivity contribution in [1.29, 1.82) is 0 Å². The van der Waals surface area contributed by atoms with Crippen LogP contribution in [-0.4, -0.2) is 40.8 Å². The topological polar surface area (TPSA) is 75.8 Å². The number of amides is 1. The fourth-order valence-corrected chi connectivity index (χ4v) is 3.47. The number of aliphatic hydroxyl groups is 1. The third-order valence-corrected chi connectivity index (χ3v) is 5.21. The number of benzene rings is 1.